The van der Waals surface area contributed by atoms with Crippen molar-refractivity contribution < 1.29 is 35.6 Å². The van der Waals surface area contributed by atoms with E-state index in [1.807, 2.05) is 0 Å². The summed E-state index contributed by atoms with van der Waals surface area (Å²) in [7, 11) is -4.14. The maximum absolute atomic E-state index is 11.9. The fourth-order valence-electron chi connectivity index (χ4n) is 5.09. The van der Waals surface area contributed by atoms with Gasteiger partial charge in [-0.2, -0.15) is 0 Å². The van der Waals surface area contributed by atoms with Gasteiger partial charge in [-0.05, 0) is 64.2 Å². The summed E-state index contributed by atoms with van der Waals surface area (Å²) in [6.07, 6.45) is 44.0. The van der Waals surface area contributed by atoms with Crippen molar-refractivity contribution in [3.05, 3.63) is 24.3 Å². The zero-order chi connectivity index (χ0) is 30.0. The van der Waals surface area contributed by atoms with E-state index in [0.717, 1.165) is 38.5 Å². The molecule has 0 aromatic heterocycles. The van der Waals surface area contributed by atoms with Crippen LogP contribution >= 0.6 is 7.82 Å². The Bertz CT molecular complexity index is 563. The summed E-state index contributed by atoms with van der Waals surface area (Å²) in [5.41, 5.74) is 0. The van der Waals surface area contributed by atoms with Crippen molar-refractivity contribution in [2.24, 2.45) is 0 Å². The zero-order valence-electron chi connectivity index (χ0n) is 28.0. The summed E-state index contributed by atoms with van der Waals surface area (Å²) in [6.45, 7) is 5.02. The van der Waals surface area contributed by atoms with Gasteiger partial charge in [-0.25, -0.2) is 0 Å². The van der Waals surface area contributed by atoms with E-state index in [4.69, 9.17) is 9.05 Å². The van der Waals surface area contributed by atoms with Gasteiger partial charge in [-0.15, -0.1) is 0 Å². The summed E-state index contributed by atoms with van der Waals surface area (Å²) < 4.78 is 22.0. The Morgan fingerprint density at radius 3 is 0.952 bits per heavy atom. The molecule has 0 saturated carbocycles. The number of phosphoric ester groups is 1. The minimum absolute atomic E-state index is 0. The van der Waals surface area contributed by atoms with Crippen LogP contribution in [0.1, 0.15) is 194 Å². The van der Waals surface area contributed by atoms with Gasteiger partial charge in [0.2, 0.25) is 0 Å². The van der Waals surface area contributed by atoms with Crippen molar-refractivity contribution in [3.8, 4) is 0 Å². The molecule has 0 atom stereocenters. The van der Waals surface area contributed by atoms with Crippen molar-refractivity contribution in [2.75, 3.05) is 13.2 Å². The molecule has 4 nitrogen and oxygen atoms in total. The molecule has 42 heavy (non-hydrogen) atoms. The van der Waals surface area contributed by atoms with Crippen molar-refractivity contribution in [1.82, 2.24) is 0 Å². The number of phosphoric acid groups is 1. The largest absolute Gasteiger partial charge is 3.00 e. The van der Waals surface area contributed by atoms with Gasteiger partial charge in [-0.1, -0.05) is 154 Å². The molecule has 0 fully saturated rings. The Morgan fingerprint density at radius 2 is 0.667 bits per heavy atom. The first-order valence-electron chi connectivity index (χ1n) is 18.0. The summed E-state index contributed by atoms with van der Waals surface area (Å²) in [5.74, 6) is 0. The van der Waals surface area contributed by atoms with E-state index in [-0.39, 0.29) is 30.3 Å². The number of hydrogen-bond donors (Lipinski definition) is 0. The molecule has 249 valence electrons. The standard InChI is InChI=1S/C36H71O4P.Fe/c1-3-5-7-9-11-13-15-17-19-21-23-25-27-29-31-33-35-39-41(37,38)40-36-34-32-30-28-26-24-22-20-18-16-14-12-10-8-6-4-2;/h17-20H,3-16,21-36H2,1-2H3,(H,37,38);/q;+3/p-1/b19-17-,20-18-;. The topological polar surface area (TPSA) is 58.6 Å². The van der Waals surface area contributed by atoms with Crippen LogP contribution in [0.4, 0.5) is 0 Å². The normalized spacial score (nSPS) is 12.1. The third-order valence-electron chi connectivity index (χ3n) is 7.81. The average molecular weight is 654 g/mol. The summed E-state index contributed by atoms with van der Waals surface area (Å²) >= 11 is 0. The first-order chi connectivity index (χ1) is 20.1. The molecule has 0 heterocycles. The number of rotatable bonds is 34. The van der Waals surface area contributed by atoms with E-state index >= 15 is 0 Å². The molecule has 0 aliphatic heterocycles. The van der Waals surface area contributed by atoms with E-state index in [1.165, 1.54) is 141 Å². The minimum Gasteiger partial charge on any atom is -0.756 e. The number of allylic oxidation sites excluding steroid dienone is 4. The van der Waals surface area contributed by atoms with Gasteiger partial charge < -0.3 is 13.9 Å². The molecular weight excluding hydrogens is 583 g/mol. The van der Waals surface area contributed by atoms with Crippen LogP contribution in [0, 0.1) is 0 Å². The average Bonchev–Trinajstić information content (AvgIpc) is 2.96. The van der Waals surface area contributed by atoms with Crippen LogP contribution in [0.15, 0.2) is 24.3 Å². The molecule has 6 heteroatoms. The second-order valence-electron chi connectivity index (χ2n) is 12.0. The molecule has 0 aliphatic carbocycles. The van der Waals surface area contributed by atoms with E-state index in [0.29, 0.717) is 0 Å². The van der Waals surface area contributed by atoms with Crippen molar-refractivity contribution >= 4 is 7.82 Å². The number of unbranched alkanes of at least 4 members (excludes halogenated alkanes) is 24. The predicted octanol–water partition coefficient (Wildman–Crippen LogP) is 12.6. The third-order valence-corrected chi connectivity index (χ3v) is 8.81. The van der Waals surface area contributed by atoms with Gasteiger partial charge >= 0.3 is 17.1 Å². The maximum atomic E-state index is 11.9. The van der Waals surface area contributed by atoms with Crippen molar-refractivity contribution in [2.45, 2.75) is 194 Å². The second kappa shape index (κ2) is 37.3. The van der Waals surface area contributed by atoms with Crippen LogP contribution < -0.4 is 4.89 Å². The smallest absolute Gasteiger partial charge is 0.756 e. The Labute approximate surface area is 273 Å². The van der Waals surface area contributed by atoms with Gasteiger partial charge in [0.05, 0.1) is 13.2 Å². The monoisotopic (exact) mass is 653 g/mol. The first kappa shape index (κ1) is 44.2. The van der Waals surface area contributed by atoms with E-state index in [9.17, 15) is 9.46 Å². The van der Waals surface area contributed by atoms with Gasteiger partial charge in [-0.3, -0.25) is 4.57 Å². The Kier molecular flexibility index (Phi) is 39.3. The van der Waals surface area contributed by atoms with Crippen LogP contribution in [-0.2, 0) is 30.7 Å². The quantitative estimate of drug-likeness (QED) is 0.0300. The third kappa shape index (κ3) is 38.1. The van der Waals surface area contributed by atoms with Gasteiger partial charge in [0.15, 0.2) is 0 Å². The van der Waals surface area contributed by atoms with Crippen LogP contribution in [0.2, 0.25) is 0 Å². The molecule has 1 radical (unpaired) electrons. The maximum Gasteiger partial charge on any atom is 3.00 e. The summed E-state index contributed by atoms with van der Waals surface area (Å²) in [4.78, 5) is 11.9. The molecule has 0 aliphatic rings. The predicted molar refractivity (Wildman–Crippen MR) is 178 cm³/mol. The SMILES string of the molecule is CCCCCCCC/C=C\CCCCCCCCOP(=O)([O-])OCCCCCCCC/C=C\CCCCCCCC.[Fe+3]. The van der Waals surface area contributed by atoms with Gasteiger partial charge in [0.25, 0.3) is 7.82 Å². The molecule has 0 N–H and O–H groups in total. The molecule has 0 aromatic carbocycles. The molecule has 0 spiro atoms. The summed E-state index contributed by atoms with van der Waals surface area (Å²) in [5, 5.41) is 0. The van der Waals surface area contributed by atoms with E-state index in [1.54, 1.807) is 0 Å². The van der Waals surface area contributed by atoms with Crippen LogP contribution in [0.5, 0.6) is 0 Å². The summed E-state index contributed by atoms with van der Waals surface area (Å²) in [6, 6.07) is 0. The van der Waals surface area contributed by atoms with Gasteiger partial charge in [0.1, 0.15) is 0 Å². The van der Waals surface area contributed by atoms with E-state index in [2.05, 4.69) is 38.2 Å². The van der Waals surface area contributed by atoms with Crippen molar-refractivity contribution in [1.29, 1.82) is 0 Å². The fourth-order valence-corrected chi connectivity index (χ4v) is 5.87. The molecule has 0 saturated heterocycles. The van der Waals surface area contributed by atoms with Gasteiger partial charge in [0, 0.05) is 0 Å². The Hall–Kier alpha value is 0.109. The second-order valence-corrected chi connectivity index (χ2v) is 13.4. The Balaban J connectivity index is 0. The molecular formula is C36H70FeO4P+2. The molecule has 0 bridgehead atoms. The Morgan fingerprint density at radius 1 is 0.429 bits per heavy atom. The molecule has 0 amide bonds. The molecule has 0 unspecified atom stereocenters. The van der Waals surface area contributed by atoms with Crippen LogP contribution in [0.25, 0.3) is 0 Å². The van der Waals surface area contributed by atoms with Crippen LogP contribution in [0.3, 0.4) is 0 Å². The van der Waals surface area contributed by atoms with E-state index < -0.39 is 7.82 Å². The molecule has 0 rings (SSSR count). The number of hydrogen-bond acceptors (Lipinski definition) is 4. The first-order valence-corrected chi connectivity index (χ1v) is 19.5. The zero-order valence-corrected chi connectivity index (χ0v) is 30.0. The minimum atomic E-state index is -4.14. The molecule has 0 aromatic rings. The fraction of sp³-hybridized carbons (Fsp3) is 0.889. The van der Waals surface area contributed by atoms with Crippen LogP contribution in [-0.4, -0.2) is 13.2 Å². The van der Waals surface area contributed by atoms with Crippen molar-refractivity contribution in [3.63, 3.8) is 0 Å².